The van der Waals surface area contributed by atoms with Gasteiger partial charge in [0.05, 0.1) is 6.61 Å². The van der Waals surface area contributed by atoms with Gasteiger partial charge in [-0.05, 0) is 42.2 Å². The molecule has 1 aromatic carbocycles. The minimum atomic E-state index is -0.948. The van der Waals surface area contributed by atoms with Crippen molar-refractivity contribution in [3.8, 4) is 5.75 Å². The summed E-state index contributed by atoms with van der Waals surface area (Å²) in [5.74, 6) is 0.911. The van der Waals surface area contributed by atoms with Crippen molar-refractivity contribution in [3.05, 3.63) is 35.9 Å². The number of carboxylic acids is 1. The van der Waals surface area contributed by atoms with E-state index in [1.807, 2.05) is 24.3 Å². The van der Waals surface area contributed by atoms with Crippen LogP contribution in [0.15, 0.2) is 30.3 Å². The Hall–Kier alpha value is -1.42. The molecule has 0 spiro atoms. The van der Waals surface area contributed by atoms with E-state index in [9.17, 15) is 4.79 Å². The predicted octanol–water partition coefficient (Wildman–Crippen LogP) is 2.92. The molecule has 0 aliphatic carbocycles. The average molecular weight is 252 g/mol. The van der Waals surface area contributed by atoms with Gasteiger partial charge in [-0.1, -0.05) is 12.1 Å². The van der Waals surface area contributed by atoms with Gasteiger partial charge in [-0.3, -0.25) is 0 Å². The molecule has 0 fully saturated rings. The summed E-state index contributed by atoms with van der Waals surface area (Å²) in [7, 11) is 0. The molecule has 92 valence electrons. The Balaban J connectivity index is 2.50. The maximum atomic E-state index is 10.4. The van der Waals surface area contributed by atoms with Crippen LogP contribution < -0.4 is 4.74 Å². The van der Waals surface area contributed by atoms with Crippen LogP contribution >= 0.6 is 11.8 Å². The van der Waals surface area contributed by atoms with Crippen LogP contribution in [-0.4, -0.2) is 29.7 Å². The number of rotatable bonds is 7. The topological polar surface area (TPSA) is 46.5 Å². The summed E-state index contributed by atoms with van der Waals surface area (Å²) in [6.07, 6.45) is 5.75. The Kier molecular flexibility index (Phi) is 6.25. The molecule has 0 aliphatic rings. The normalized spacial score (nSPS) is 10.6. The number of hydrogen-bond donors (Lipinski definition) is 1. The first-order chi connectivity index (χ1) is 8.22. The van der Waals surface area contributed by atoms with Crippen molar-refractivity contribution >= 4 is 23.8 Å². The van der Waals surface area contributed by atoms with E-state index in [0.29, 0.717) is 6.61 Å². The molecule has 0 aliphatic heterocycles. The lowest BCUT2D eigenvalue weighted by atomic mass is 10.2. The molecule has 0 heterocycles. The summed E-state index contributed by atoms with van der Waals surface area (Å²) in [6.45, 7) is 0.687. The van der Waals surface area contributed by atoms with Crippen molar-refractivity contribution in [2.24, 2.45) is 0 Å². The van der Waals surface area contributed by atoms with Gasteiger partial charge in [0.1, 0.15) is 5.75 Å². The van der Waals surface area contributed by atoms with Crippen LogP contribution in [0.5, 0.6) is 5.75 Å². The molecule has 1 rings (SSSR count). The first-order valence-corrected chi connectivity index (χ1v) is 6.74. The number of carboxylic acid groups (broad SMARTS) is 1. The summed E-state index contributed by atoms with van der Waals surface area (Å²) in [4.78, 5) is 10.4. The third-order valence-electron chi connectivity index (χ3n) is 2.04. The first-order valence-electron chi connectivity index (χ1n) is 5.35. The van der Waals surface area contributed by atoms with Crippen molar-refractivity contribution in [2.45, 2.75) is 6.42 Å². The maximum Gasteiger partial charge on any atom is 0.328 e. The highest BCUT2D eigenvalue weighted by atomic mass is 32.2. The lowest BCUT2D eigenvalue weighted by molar-refractivity contribution is -0.131. The van der Waals surface area contributed by atoms with Crippen LogP contribution in [0.1, 0.15) is 12.0 Å². The monoisotopic (exact) mass is 252 g/mol. The van der Waals surface area contributed by atoms with Crippen molar-refractivity contribution in [1.29, 1.82) is 0 Å². The Morgan fingerprint density at radius 2 is 2.35 bits per heavy atom. The molecule has 1 N–H and O–H groups in total. The number of aliphatic carboxylic acids is 1. The van der Waals surface area contributed by atoms with Gasteiger partial charge < -0.3 is 9.84 Å². The number of hydrogen-bond acceptors (Lipinski definition) is 3. The highest BCUT2D eigenvalue weighted by Crippen LogP contribution is 2.14. The second kappa shape index (κ2) is 7.79. The molecule has 1 aromatic rings. The number of carbonyl (C=O) groups is 1. The smallest absolute Gasteiger partial charge is 0.328 e. The minimum Gasteiger partial charge on any atom is -0.494 e. The summed E-state index contributed by atoms with van der Waals surface area (Å²) < 4.78 is 5.56. The third-order valence-corrected chi connectivity index (χ3v) is 2.73. The van der Waals surface area contributed by atoms with Crippen LogP contribution in [0.2, 0.25) is 0 Å². The van der Waals surface area contributed by atoms with Gasteiger partial charge in [0.15, 0.2) is 0 Å². The van der Waals surface area contributed by atoms with Crippen LogP contribution in [0.4, 0.5) is 0 Å². The Morgan fingerprint density at radius 1 is 1.53 bits per heavy atom. The van der Waals surface area contributed by atoms with Crippen LogP contribution in [0.25, 0.3) is 6.08 Å². The molecule has 0 radical (unpaired) electrons. The molecule has 0 aromatic heterocycles. The Bertz CT molecular complexity index is 388. The molecule has 3 nitrogen and oxygen atoms in total. The lowest BCUT2D eigenvalue weighted by Crippen LogP contribution is -1.98. The maximum absolute atomic E-state index is 10.4. The Morgan fingerprint density at radius 3 is 3.06 bits per heavy atom. The zero-order valence-corrected chi connectivity index (χ0v) is 10.6. The molecule has 0 unspecified atom stereocenters. The average Bonchev–Trinajstić information content (AvgIpc) is 2.33. The van der Waals surface area contributed by atoms with E-state index < -0.39 is 5.97 Å². The molecular formula is C13H16O3S. The number of benzene rings is 1. The van der Waals surface area contributed by atoms with Crippen molar-refractivity contribution < 1.29 is 14.6 Å². The lowest BCUT2D eigenvalue weighted by Gasteiger charge is -2.05. The van der Waals surface area contributed by atoms with Crippen LogP contribution in [-0.2, 0) is 4.79 Å². The van der Waals surface area contributed by atoms with E-state index in [0.717, 1.165) is 29.6 Å². The van der Waals surface area contributed by atoms with Crippen LogP contribution in [0.3, 0.4) is 0 Å². The van der Waals surface area contributed by atoms with E-state index >= 15 is 0 Å². The fraction of sp³-hybridized carbons (Fsp3) is 0.308. The van der Waals surface area contributed by atoms with Gasteiger partial charge in [0.2, 0.25) is 0 Å². The fourth-order valence-corrected chi connectivity index (χ4v) is 1.68. The zero-order chi connectivity index (χ0) is 12.5. The van der Waals surface area contributed by atoms with Gasteiger partial charge in [-0.25, -0.2) is 4.79 Å². The second-order valence-corrected chi connectivity index (χ2v) is 4.42. The zero-order valence-electron chi connectivity index (χ0n) is 9.76. The van der Waals surface area contributed by atoms with E-state index in [4.69, 9.17) is 9.84 Å². The highest BCUT2D eigenvalue weighted by Gasteiger charge is 1.95. The molecule has 4 heteroatoms. The van der Waals surface area contributed by atoms with Crippen LogP contribution in [0, 0.1) is 0 Å². The second-order valence-electron chi connectivity index (χ2n) is 3.44. The quantitative estimate of drug-likeness (QED) is 0.598. The first kappa shape index (κ1) is 13.6. The predicted molar refractivity (Wildman–Crippen MR) is 71.6 cm³/mol. The standard InChI is InChI=1S/C13H16O3S/c1-17-9-3-8-16-12-5-2-4-11(10-12)6-7-13(14)15/h2,4-7,10H,3,8-9H2,1H3,(H,14,15)/b7-6+. The van der Waals surface area contributed by atoms with E-state index in [1.165, 1.54) is 0 Å². The van der Waals surface area contributed by atoms with E-state index in [-0.39, 0.29) is 0 Å². The van der Waals surface area contributed by atoms with Gasteiger partial charge in [-0.15, -0.1) is 0 Å². The SMILES string of the molecule is CSCCCOc1cccc(/C=C/C(=O)O)c1. The van der Waals surface area contributed by atoms with Crippen molar-refractivity contribution in [2.75, 3.05) is 18.6 Å². The highest BCUT2D eigenvalue weighted by molar-refractivity contribution is 7.98. The van der Waals surface area contributed by atoms with Crippen molar-refractivity contribution in [1.82, 2.24) is 0 Å². The number of ether oxygens (including phenoxy) is 1. The molecule has 0 atom stereocenters. The van der Waals surface area contributed by atoms with Gasteiger partial charge >= 0.3 is 5.97 Å². The summed E-state index contributed by atoms with van der Waals surface area (Å²) in [5.41, 5.74) is 0.828. The summed E-state index contributed by atoms with van der Waals surface area (Å²) >= 11 is 1.79. The largest absolute Gasteiger partial charge is 0.494 e. The van der Waals surface area contributed by atoms with Gasteiger partial charge in [-0.2, -0.15) is 11.8 Å². The molecule has 17 heavy (non-hydrogen) atoms. The third kappa shape index (κ3) is 6.02. The Labute approximate surface area is 105 Å². The van der Waals surface area contributed by atoms with E-state index in [2.05, 4.69) is 6.26 Å². The van der Waals surface area contributed by atoms with Crippen molar-refractivity contribution in [3.63, 3.8) is 0 Å². The summed E-state index contributed by atoms with van der Waals surface area (Å²) in [5, 5.41) is 8.52. The number of thioether (sulfide) groups is 1. The van der Waals surface area contributed by atoms with Gasteiger partial charge in [0.25, 0.3) is 0 Å². The van der Waals surface area contributed by atoms with Gasteiger partial charge in [0, 0.05) is 6.08 Å². The molecule has 0 saturated carbocycles. The molecular weight excluding hydrogens is 236 g/mol. The summed E-state index contributed by atoms with van der Waals surface area (Å²) in [6, 6.07) is 7.40. The minimum absolute atomic E-state index is 0.687. The molecule has 0 amide bonds. The molecule has 0 saturated heterocycles. The fourth-order valence-electron chi connectivity index (χ4n) is 1.27. The van der Waals surface area contributed by atoms with E-state index in [1.54, 1.807) is 17.8 Å². The molecule has 0 bridgehead atoms.